The number of rotatable bonds is 6. The monoisotopic (exact) mass is 294 g/mol. The van der Waals surface area contributed by atoms with Gasteiger partial charge in [-0.2, -0.15) is 0 Å². The van der Waals surface area contributed by atoms with Gasteiger partial charge in [0, 0.05) is 51.3 Å². The minimum atomic E-state index is -0.321. The molecule has 1 aliphatic heterocycles. The Morgan fingerprint density at radius 3 is 2.38 bits per heavy atom. The number of aliphatic hydroxyl groups is 1. The average Bonchev–Trinajstić information content (AvgIpc) is 2.49. The van der Waals surface area contributed by atoms with Gasteiger partial charge in [-0.15, -0.1) is 0 Å². The summed E-state index contributed by atoms with van der Waals surface area (Å²) in [5.41, 5.74) is 1.02. The third-order valence-electron chi connectivity index (χ3n) is 4.03. The molecule has 0 bridgehead atoms. The SMILES string of the molecule is Cc1ccc(C(=O)CCN2CCN(CCO)CC2)cc1F. The molecule has 0 amide bonds. The third kappa shape index (κ3) is 4.59. The zero-order chi connectivity index (χ0) is 15.2. The van der Waals surface area contributed by atoms with Gasteiger partial charge in [0.1, 0.15) is 5.82 Å². The van der Waals surface area contributed by atoms with Crippen molar-refractivity contribution in [2.24, 2.45) is 0 Å². The Labute approximate surface area is 125 Å². The number of carbonyl (C=O) groups excluding carboxylic acids is 1. The van der Waals surface area contributed by atoms with Gasteiger partial charge < -0.3 is 10.0 Å². The molecule has 0 unspecified atom stereocenters. The number of nitrogens with zero attached hydrogens (tertiary/aromatic N) is 2. The van der Waals surface area contributed by atoms with E-state index in [1.54, 1.807) is 19.1 Å². The van der Waals surface area contributed by atoms with Gasteiger partial charge in [0.25, 0.3) is 0 Å². The molecule has 0 spiro atoms. The Hall–Kier alpha value is -1.30. The van der Waals surface area contributed by atoms with Crippen molar-refractivity contribution >= 4 is 5.78 Å². The molecule has 2 rings (SSSR count). The van der Waals surface area contributed by atoms with Crippen molar-refractivity contribution in [3.63, 3.8) is 0 Å². The lowest BCUT2D eigenvalue weighted by molar-refractivity contribution is 0.0906. The fourth-order valence-corrected chi connectivity index (χ4v) is 2.55. The summed E-state index contributed by atoms with van der Waals surface area (Å²) in [5, 5.41) is 8.90. The predicted molar refractivity (Wildman–Crippen MR) is 80.1 cm³/mol. The highest BCUT2D eigenvalue weighted by molar-refractivity contribution is 5.96. The fraction of sp³-hybridized carbons (Fsp3) is 0.562. The fourth-order valence-electron chi connectivity index (χ4n) is 2.55. The molecule has 1 aliphatic rings. The number of aliphatic hydroxyl groups excluding tert-OH is 1. The number of benzene rings is 1. The van der Waals surface area contributed by atoms with E-state index in [0.717, 1.165) is 32.7 Å². The number of ketones is 1. The van der Waals surface area contributed by atoms with Crippen molar-refractivity contribution in [3.05, 3.63) is 35.1 Å². The lowest BCUT2D eigenvalue weighted by Crippen LogP contribution is -2.47. The zero-order valence-electron chi connectivity index (χ0n) is 12.5. The molecule has 0 saturated carbocycles. The quantitative estimate of drug-likeness (QED) is 0.804. The summed E-state index contributed by atoms with van der Waals surface area (Å²) in [6.07, 6.45) is 0.419. The first-order valence-corrected chi connectivity index (χ1v) is 7.45. The maximum Gasteiger partial charge on any atom is 0.164 e. The van der Waals surface area contributed by atoms with Crippen molar-refractivity contribution in [3.8, 4) is 0 Å². The summed E-state index contributed by atoms with van der Waals surface area (Å²) >= 11 is 0. The summed E-state index contributed by atoms with van der Waals surface area (Å²) in [6.45, 7) is 6.98. The second kappa shape index (κ2) is 7.64. The first kappa shape index (κ1) is 16.1. The van der Waals surface area contributed by atoms with Crippen LogP contribution in [0.25, 0.3) is 0 Å². The van der Waals surface area contributed by atoms with Crippen LogP contribution in [-0.2, 0) is 0 Å². The van der Waals surface area contributed by atoms with Gasteiger partial charge in [-0.25, -0.2) is 4.39 Å². The minimum Gasteiger partial charge on any atom is -0.395 e. The van der Waals surface area contributed by atoms with E-state index in [4.69, 9.17) is 5.11 Å². The number of hydrogen-bond acceptors (Lipinski definition) is 4. The van der Waals surface area contributed by atoms with Crippen LogP contribution in [0, 0.1) is 12.7 Å². The van der Waals surface area contributed by atoms with Crippen molar-refractivity contribution in [2.75, 3.05) is 45.9 Å². The number of Topliss-reactive ketones (excluding diaryl/α,β-unsaturated/α-hetero) is 1. The molecule has 1 aromatic rings. The Balaban J connectivity index is 1.78. The van der Waals surface area contributed by atoms with E-state index in [1.165, 1.54) is 6.07 Å². The Morgan fingerprint density at radius 1 is 1.19 bits per heavy atom. The smallest absolute Gasteiger partial charge is 0.164 e. The van der Waals surface area contributed by atoms with Crippen molar-refractivity contribution in [1.82, 2.24) is 9.80 Å². The summed E-state index contributed by atoms with van der Waals surface area (Å²) in [4.78, 5) is 16.5. The van der Waals surface area contributed by atoms with Crippen LogP contribution in [0.15, 0.2) is 18.2 Å². The van der Waals surface area contributed by atoms with Crippen LogP contribution in [0.4, 0.5) is 4.39 Å². The number of halogens is 1. The molecule has 4 nitrogen and oxygen atoms in total. The molecule has 1 N–H and O–H groups in total. The van der Waals surface area contributed by atoms with Gasteiger partial charge in [-0.05, 0) is 18.6 Å². The van der Waals surface area contributed by atoms with E-state index in [9.17, 15) is 9.18 Å². The first-order valence-electron chi connectivity index (χ1n) is 7.45. The molecule has 0 radical (unpaired) electrons. The summed E-state index contributed by atoms with van der Waals surface area (Å²) in [5.74, 6) is -0.329. The molecular formula is C16H23FN2O2. The summed E-state index contributed by atoms with van der Waals surface area (Å²) < 4.78 is 13.5. The third-order valence-corrected chi connectivity index (χ3v) is 4.03. The van der Waals surface area contributed by atoms with Gasteiger partial charge in [0.15, 0.2) is 5.78 Å². The van der Waals surface area contributed by atoms with E-state index in [1.807, 2.05) is 0 Å². The topological polar surface area (TPSA) is 43.8 Å². The molecule has 1 aromatic carbocycles. The Kier molecular flexibility index (Phi) is 5.85. The first-order chi connectivity index (χ1) is 10.1. The van der Waals surface area contributed by atoms with Gasteiger partial charge >= 0.3 is 0 Å². The van der Waals surface area contributed by atoms with Crippen LogP contribution < -0.4 is 0 Å². The van der Waals surface area contributed by atoms with E-state index >= 15 is 0 Å². The Morgan fingerprint density at radius 2 is 1.81 bits per heavy atom. The molecular weight excluding hydrogens is 271 g/mol. The maximum atomic E-state index is 13.5. The van der Waals surface area contributed by atoms with Crippen molar-refractivity contribution in [1.29, 1.82) is 0 Å². The molecule has 0 atom stereocenters. The number of piperazine rings is 1. The average molecular weight is 294 g/mol. The second-order valence-electron chi connectivity index (χ2n) is 5.54. The molecule has 116 valence electrons. The minimum absolute atomic E-state index is 0.00770. The molecule has 0 aliphatic carbocycles. The number of β-amino-alcohol motifs (C(OH)–C–C–N with tert-alkyl or cyclic N) is 1. The van der Waals surface area contributed by atoms with Crippen LogP contribution in [-0.4, -0.2) is 66.6 Å². The van der Waals surface area contributed by atoms with Crippen LogP contribution in [0.2, 0.25) is 0 Å². The Bertz CT molecular complexity index is 485. The van der Waals surface area contributed by atoms with Gasteiger partial charge in [0.05, 0.1) is 6.61 Å². The zero-order valence-corrected chi connectivity index (χ0v) is 12.5. The van der Waals surface area contributed by atoms with Crippen LogP contribution in [0.1, 0.15) is 22.3 Å². The van der Waals surface area contributed by atoms with E-state index in [-0.39, 0.29) is 18.2 Å². The second-order valence-corrected chi connectivity index (χ2v) is 5.54. The lowest BCUT2D eigenvalue weighted by Gasteiger charge is -2.34. The number of hydrogen-bond donors (Lipinski definition) is 1. The van der Waals surface area contributed by atoms with Crippen LogP contribution in [0.5, 0.6) is 0 Å². The highest BCUT2D eigenvalue weighted by Gasteiger charge is 2.17. The largest absolute Gasteiger partial charge is 0.395 e. The van der Waals surface area contributed by atoms with Gasteiger partial charge in [-0.3, -0.25) is 9.69 Å². The molecule has 1 fully saturated rings. The molecule has 1 heterocycles. The summed E-state index contributed by atoms with van der Waals surface area (Å²) in [6, 6.07) is 4.67. The lowest BCUT2D eigenvalue weighted by atomic mass is 10.1. The number of carbonyl (C=O) groups is 1. The van der Waals surface area contributed by atoms with Crippen molar-refractivity contribution in [2.45, 2.75) is 13.3 Å². The molecule has 1 saturated heterocycles. The number of aryl methyl sites for hydroxylation is 1. The molecule has 0 aromatic heterocycles. The molecule has 5 heteroatoms. The highest BCUT2D eigenvalue weighted by Crippen LogP contribution is 2.12. The standard InChI is InChI=1S/C16H23FN2O2/c1-13-2-3-14(12-15(13)17)16(21)4-5-18-6-8-19(9-7-18)10-11-20/h2-3,12,20H,4-11H2,1H3. The van der Waals surface area contributed by atoms with E-state index in [2.05, 4.69) is 9.80 Å². The van der Waals surface area contributed by atoms with Crippen LogP contribution >= 0.6 is 0 Å². The van der Waals surface area contributed by atoms with E-state index < -0.39 is 0 Å². The van der Waals surface area contributed by atoms with Crippen LogP contribution in [0.3, 0.4) is 0 Å². The highest BCUT2D eigenvalue weighted by atomic mass is 19.1. The van der Waals surface area contributed by atoms with Gasteiger partial charge in [-0.1, -0.05) is 12.1 Å². The molecule has 21 heavy (non-hydrogen) atoms. The van der Waals surface area contributed by atoms with Gasteiger partial charge in [0.2, 0.25) is 0 Å². The maximum absolute atomic E-state index is 13.5. The normalized spacial score (nSPS) is 17.1. The van der Waals surface area contributed by atoms with E-state index in [0.29, 0.717) is 24.1 Å². The predicted octanol–water partition coefficient (Wildman–Crippen LogP) is 1.32. The van der Waals surface area contributed by atoms with Crippen molar-refractivity contribution < 1.29 is 14.3 Å². The summed E-state index contributed by atoms with van der Waals surface area (Å²) in [7, 11) is 0.